The third-order valence-electron chi connectivity index (χ3n) is 2.62. The Balaban J connectivity index is 2.89. The standard InChI is InChI=1S/C12H13F4NO2/c1-8(9-2-4-10(13)5-3-9)17(6-11(18)19)7-12(14,15)16/h2-5,8H,6-7H2,1H3,(H,18,19). The summed E-state index contributed by atoms with van der Waals surface area (Å²) in [6.07, 6.45) is -4.50. The van der Waals surface area contributed by atoms with E-state index in [2.05, 4.69) is 0 Å². The molecule has 7 heteroatoms. The molecule has 1 unspecified atom stereocenters. The monoisotopic (exact) mass is 279 g/mol. The number of halogens is 4. The largest absolute Gasteiger partial charge is 0.480 e. The van der Waals surface area contributed by atoms with Crippen LogP contribution in [0.2, 0.25) is 0 Å². The first-order valence-electron chi connectivity index (χ1n) is 5.47. The van der Waals surface area contributed by atoms with Gasteiger partial charge in [-0.2, -0.15) is 13.2 Å². The molecule has 0 aliphatic rings. The highest BCUT2D eigenvalue weighted by Gasteiger charge is 2.34. The lowest BCUT2D eigenvalue weighted by molar-refractivity contribution is -0.157. The first kappa shape index (κ1) is 15.4. The topological polar surface area (TPSA) is 40.5 Å². The second-order valence-corrected chi connectivity index (χ2v) is 4.14. The van der Waals surface area contributed by atoms with E-state index >= 15 is 0 Å². The van der Waals surface area contributed by atoms with Gasteiger partial charge < -0.3 is 5.11 Å². The van der Waals surface area contributed by atoms with Gasteiger partial charge >= 0.3 is 12.1 Å². The molecule has 0 fully saturated rings. The van der Waals surface area contributed by atoms with Gasteiger partial charge in [0.25, 0.3) is 0 Å². The molecule has 0 spiro atoms. The van der Waals surface area contributed by atoms with Crippen molar-refractivity contribution in [2.45, 2.75) is 19.1 Å². The Hall–Kier alpha value is -1.63. The maximum absolute atomic E-state index is 12.7. The summed E-state index contributed by atoms with van der Waals surface area (Å²) in [6, 6.07) is 4.14. The summed E-state index contributed by atoms with van der Waals surface area (Å²) in [5, 5.41) is 8.65. The Bertz CT molecular complexity index is 430. The smallest absolute Gasteiger partial charge is 0.401 e. The number of hydrogen-bond donors (Lipinski definition) is 1. The van der Waals surface area contributed by atoms with Crippen molar-refractivity contribution >= 4 is 5.97 Å². The zero-order chi connectivity index (χ0) is 14.6. The third-order valence-corrected chi connectivity index (χ3v) is 2.62. The van der Waals surface area contributed by atoms with Gasteiger partial charge in [-0.25, -0.2) is 4.39 Å². The molecule has 0 aliphatic heterocycles. The number of carbonyl (C=O) groups is 1. The minimum Gasteiger partial charge on any atom is -0.480 e. The summed E-state index contributed by atoms with van der Waals surface area (Å²) >= 11 is 0. The van der Waals surface area contributed by atoms with Crippen molar-refractivity contribution in [3.8, 4) is 0 Å². The van der Waals surface area contributed by atoms with Crippen LogP contribution < -0.4 is 0 Å². The van der Waals surface area contributed by atoms with E-state index in [0.717, 1.165) is 17.0 Å². The molecular formula is C12H13F4NO2. The van der Waals surface area contributed by atoms with Crippen molar-refractivity contribution in [3.63, 3.8) is 0 Å². The summed E-state index contributed by atoms with van der Waals surface area (Å²) < 4.78 is 49.9. The van der Waals surface area contributed by atoms with Crippen molar-refractivity contribution in [2.75, 3.05) is 13.1 Å². The molecule has 19 heavy (non-hydrogen) atoms. The molecule has 1 atom stereocenters. The molecule has 0 saturated heterocycles. The molecule has 0 radical (unpaired) electrons. The van der Waals surface area contributed by atoms with Gasteiger partial charge in [0.1, 0.15) is 5.82 Å². The fourth-order valence-electron chi connectivity index (χ4n) is 1.69. The first-order chi connectivity index (χ1) is 8.69. The van der Waals surface area contributed by atoms with E-state index in [0.29, 0.717) is 5.56 Å². The van der Waals surface area contributed by atoms with E-state index in [4.69, 9.17) is 5.11 Å². The number of carboxylic acids is 1. The lowest BCUT2D eigenvalue weighted by Gasteiger charge is -2.28. The van der Waals surface area contributed by atoms with Crippen LogP contribution in [-0.4, -0.2) is 35.2 Å². The number of hydrogen-bond acceptors (Lipinski definition) is 2. The minimum absolute atomic E-state index is 0.423. The van der Waals surface area contributed by atoms with E-state index in [-0.39, 0.29) is 0 Å². The predicted molar refractivity (Wildman–Crippen MR) is 60.1 cm³/mol. The summed E-state index contributed by atoms with van der Waals surface area (Å²) in [5.41, 5.74) is 0.423. The van der Waals surface area contributed by atoms with Crippen LogP contribution in [0, 0.1) is 5.82 Å². The number of aliphatic carboxylic acids is 1. The number of alkyl halides is 3. The van der Waals surface area contributed by atoms with Crippen molar-refractivity contribution in [2.24, 2.45) is 0 Å². The normalized spacial score (nSPS) is 13.6. The molecular weight excluding hydrogens is 266 g/mol. The lowest BCUT2D eigenvalue weighted by Crippen LogP contribution is -2.39. The highest BCUT2D eigenvalue weighted by atomic mass is 19.4. The van der Waals surface area contributed by atoms with Crippen molar-refractivity contribution in [1.29, 1.82) is 0 Å². The van der Waals surface area contributed by atoms with E-state index in [1.54, 1.807) is 0 Å². The summed E-state index contributed by atoms with van der Waals surface area (Å²) in [6.45, 7) is -0.627. The quantitative estimate of drug-likeness (QED) is 0.843. The Morgan fingerprint density at radius 2 is 1.84 bits per heavy atom. The van der Waals surface area contributed by atoms with Crippen LogP contribution in [-0.2, 0) is 4.79 Å². The number of nitrogens with zero attached hydrogens (tertiary/aromatic N) is 1. The summed E-state index contributed by atoms with van der Waals surface area (Å²) in [7, 11) is 0. The molecule has 1 rings (SSSR count). The summed E-state index contributed by atoms with van der Waals surface area (Å²) in [5.74, 6) is -1.85. The second kappa shape index (κ2) is 6.01. The Labute approximate surface area is 107 Å². The van der Waals surface area contributed by atoms with Crippen molar-refractivity contribution < 1.29 is 27.5 Å². The van der Waals surface area contributed by atoms with Crippen LogP contribution >= 0.6 is 0 Å². The van der Waals surface area contributed by atoms with Gasteiger partial charge in [-0.15, -0.1) is 0 Å². The Morgan fingerprint density at radius 3 is 2.26 bits per heavy atom. The highest BCUT2D eigenvalue weighted by Crippen LogP contribution is 2.25. The van der Waals surface area contributed by atoms with E-state index < -0.39 is 37.1 Å². The van der Waals surface area contributed by atoms with Crippen molar-refractivity contribution in [3.05, 3.63) is 35.6 Å². The second-order valence-electron chi connectivity index (χ2n) is 4.14. The minimum atomic E-state index is -4.50. The lowest BCUT2D eigenvalue weighted by atomic mass is 10.1. The fourth-order valence-corrected chi connectivity index (χ4v) is 1.69. The molecule has 0 heterocycles. The average Bonchev–Trinajstić information content (AvgIpc) is 2.25. The Kier molecular flexibility index (Phi) is 4.88. The molecule has 0 saturated carbocycles. The van der Waals surface area contributed by atoms with Gasteiger partial charge in [0.2, 0.25) is 0 Å². The molecule has 0 bridgehead atoms. The maximum atomic E-state index is 12.7. The zero-order valence-electron chi connectivity index (χ0n) is 10.1. The third kappa shape index (κ3) is 5.25. The molecule has 0 amide bonds. The molecule has 0 aromatic heterocycles. The van der Waals surface area contributed by atoms with E-state index in [1.807, 2.05) is 0 Å². The van der Waals surface area contributed by atoms with Crippen LogP contribution in [0.4, 0.5) is 17.6 Å². The zero-order valence-corrected chi connectivity index (χ0v) is 10.1. The molecule has 1 aromatic carbocycles. The predicted octanol–water partition coefficient (Wildman–Crippen LogP) is 2.84. The molecule has 106 valence electrons. The maximum Gasteiger partial charge on any atom is 0.401 e. The molecule has 0 aliphatic carbocycles. The van der Waals surface area contributed by atoms with Gasteiger partial charge in [0.15, 0.2) is 0 Å². The highest BCUT2D eigenvalue weighted by molar-refractivity contribution is 5.69. The van der Waals surface area contributed by atoms with Gasteiger partial charge in [-0.1, -0.05) is 12.1 Å². The average molecular weight is 279 g/mol. The summed E-state index contributed by atoms with van der Waals surface area (Å²) in [4.78, 5) is 11.4. The van der Waals surface area contributed by atoms with Crippen molar-refractivity contribution in [1.82, 2.24) is 4.90 Å². The first-order valence-corrected chi connectivity index (χ1v) is 5.47. The van der Waals surface area contributed by atoms with Crippen LogP contribution in [0.3, 0.4) is 0 Å². The van der Waals surface area contributed by atoms with Gasteiger partial charge in [0, 0.05) is 6.04 Å². The van der Waals surface area contributed by atoms with Gasteiger partial charge in [-0.3, -0.25) is 9.69 Å². The van der Waals surface area contributed by atoms with E-state index in [1.165, 1.54) is 19.1 Å². The van der Waals surface area contributed by atoms with Crippen LogP contribution in [0.1, 0.15) is 18.5 Å². The SMILES string of the molecule is CC(c1ccc(F)cc1)N(CC(=O)O)CC(F)(F)F. The van der Waals surface area contributed by atoms with Crippen LogP contribution in [0.15, 0.2) is 24.3 Å². The fraction of sp³-hybridized carbons (Fsp3) is 0.417. The van der Waals surface area contributed by atoms with Crippen LogP contribution in [0.5, 0.6) is 0 Å². The molecule has 1 N–H and O–H groups in total. The van der Waals surface area contributed by atoms with Gasteiger partial charge in [0.05, 0.1) is 13.1 Å². The number of rotatable bonds is 5. The van der Waals surface area contributed by atoms with Gasteiger partial charge in [-0.05, 0) is 24.6 Å². The van der Waals surface area contributed by atoms with E-state index in [9.17, 15) is 22.4 Å². The number of carboxylic acid groups (broad SMARTS) is 1. The number of benzene rings is 1. The van der Waals surface area contributed by atoms with Crippen LogP contribution in [0.25, 0.3) is 0 Å². The Morgan fingerprint density at radius 1 is 1.32 bits per heavy atom. The molecule has 1 aromatic rings. The molecule has 3 nitrogen and oxygen atoms in total.